The molecule has 0 aliphatic heterocycles. The van der Waals surface area contributed by atoms with Gasteiger partial charge in [0.05, 0.1) is 0 Å². The van der Waals surface area contributed by atoms with Gasteiger partial charge >= 0.3 is 0 Å². The van der Waals surface area contributed by atoms with Gasteiger partial charge in [-0.1, -0.05) is 28.1 Å². The SMILES string of the molecule is Cc1ccc(CCC(C)Cl)cc1Br. The van der Waals surface area contributed by atoms with Gasteiger partial charge in [0.25, 0.3) is 0 Å². The summed E-state index contributed by atoms with van der Waals surface area (Å²) in [5.74, 6) is 0. The molecule has 0 aromatic heterocycles. The quantitative estimate of drug-likeness (QED) is 0.711. The fraction of sp³-hybridized carbons (Fsp3) is 0.455. The number of rotatable bonds is 3. The van der Waals surface area contributed by atoms with Crippen molar-refractivity contribution in [3.05, 3.63) is 33.8 Å². The van der Waals surface area contributed by atoms with E-state index in [1.165, 1.54) is 15.6 Å². The predicted molar refractivity (Wildman–Crippen MR) is 62.5 cm³/mol. The molecule has 1 atom stereocenters. The van der Waals surface area contributed by atoms with Crippen molar-refractivity contribution in [3.63, 3.8) is 0 Å². The molecular weight excluding hydrogens is 247 g/mol. The van der Waals surface area contributed by atoms with Crippen molar-refractivity contribution in [3.8, 4) is 0 Å². The average molecular weight is 262 g/mol. The zero-order valence-electron chi connectivity index (χ0n) is 7.98. The molecule has 0 bridgehead atoms. The topological polar surface area (TPSA) is 0 Å². The van der Waals surface area contributed by atoms with E-state index in [0.29, 0.717) is 0 Å². The molecule has 1 rings (SSSR count). The van der Waals surface area contributed by atoms with E-state index in [1.807, 2.05) is 6.92 Å². The van der Waals surface area contributed by atoms with Crippen LogP contribution in [0, 0.1) is 6.92 Å². The van der Waals surface area contributed by atoms with Gasteiger partial charge in [-0.2, -0.15) is 0 Å². The minimum atomic E-state index is 0.264. The van der Waals surface area contributed by atoms with Crippen LogP contribution in [0.15, 0.2) is 22.7 Å². The molecule has 0 spiro atoms. The van der Waals surface area contributed by atoms with E-state index in [2.05, 4.69) is 41.1 Å². The largest absolute Gasteiger partial charge is 0.123 e. The highest BCUT2D eigenvalue weighted by molar-refractivity contribution is 9.10. The van der Waals surface area contributed by atoms with Crippen LogP contribution in [0.2, 0.25) is 0 Å². The molecule has 2 heteroatoms. The normalized spacial score (nSPS) is 12.9. The van der Waals surface area contributed by atoms with Gasteiger partial charge in [0.15, 0.2) is 0 Å². The summed E-state index contributed by atoms with van der Waals surface area (Å²) in [5.41, 5.74) is 2.63. The Bertz CT molecular complexity index is 281. The first-order valence-electron chi connectivity index (χ1n) is 4.48. The van der Waals surface area contributed by atoms with Gasteiger partial charge in [-0.3, -0.25) is 0 Å². The lowest BCUT2D eigenvalue weighted by Crippen LogP contribution is -1.94. The molecule has 0 radical (unpaired) electrons. The van der Waals surface area contributed by atoms with E-state index in [0.717, 1.165) is 12.8 Å². The molecule has 0 aliphatic rings. The highest BCUT2D eigenvalue weighted by Crippen LogP contribution is 2.19. The van der Waals surface area contributed by atoms with E-state index in [4.69, 9.17) is 11.6 Å². The van der Waals surface area contributed by atoms with Crippen molar-refractivity contribution < 1.29 is 0 Å². The number of hydrogen-bond acceptors (Lipinski definition) is 0. The van der Waals surface area contributed by atoms with Crippen LogP contribution in [-0.2, 0) is 6.42 Å². The lowest BCUT2D eigenvalue weighted by Gasteiger charge is -2.05. The van der Waals surface area contributed by atoms with E-state index >= 15 is 0 Å². The molecule has 0 saturated heterocycles. The highest BCUT2D eigenvalue weighted by Gasteiger charge is 2.00. The van der Waals surface area contributed by atoms with E-state index in [-0.39, 0.29) is 5.38 Å². The third-order valence-corrected chi connectivity index (χ3v) is 3.14. The summed E-state index contributed by atoms with van der Waals surface area (Å²) in [4.78, 5) is 0. The number of halogens is 2. The zero-order valence-corrected chi connectivity index (χ0v) is 10.3. The smallest absolute Gasteiger partial charge is 0.0311 e. The molecule has 0 fully saturated rings. The summed E-state index contributed by atoms with van der Waals surface area (Å²) in [7, 11) is 0. The Hall–Kier alpha value is -0.0100. The molecule has 1 aromatic rings. The van der Waals surface area contributed by atoms with Crippen LogP contribution in [0.5, 0.6) is 0 Å². The Labute approximate surface area is 93.4 Å². The van der Waals surface area contributed by atoms with Crippen LogP contribution in [0.1, 0.15) is 24.5 Å². The Morgan fingerprint density at radius 2 is 2.15 bits per heavy atom. The highest BCUT2D eigenvalue weighted by atomic mass is 79.9. The number of aryl methyl sites for hydroxylation is 2. The second-order valence-electron chi connectivity index (χ2n) is 3.40. The van der Waals surface area contributed by atoms with Crippen LogP contribution in [0.25, 0.3) is 0 Å². The summed E-state index contributed by atoms with van der Waals surface area (Å²) in [6, 6.07) is 6.48. The minimum absolute atomic E-state index is 0.264. The van der Waals surface area contributed by atoms with Crippen molar-refractivity contribution in [2.75, 3.05) is 0 Å². The summed E-state index contributed by atoms with van der Waals surface area (Å²) in [5, 5.41) is 0.264. The molecule has 1 unspecified atom stereocenters. The lowest BCUT2D eigenvalue weighted by atomic mass is 10.1. The Morgan fingerprint density at radius 1 is 1.46 bits per heavy atom. The minimum Gasteiger partial charge on any atom is -0.123 e. The van der Waals surface area contributed by atoms with Crippen LogP contribution >= 0.6 is 27.5 Å². The second-order valence-corrected chi connectivity index (χ2v) is 5.00. The average Bonchev–Trinajstić information content (AvgIpc) is 2.07. The lowest BCUT2D eigenvalue weighted by molar-refractivity contribution is 0.802. The summed E-state index contributed by atoms with van der Waals surface area (Å²) in [6.07, 6.45) is 2.10. The second kappa shape index (κ2) is 5.02. The molecule has 0 nitrogen and oxygen atoms in total. The van der Waals surface area contributed by atoms with Crippen LogP contribution in [-0.4, -0.2) is 5.38 Å². The third-order valence-electron chi connectivity index (χ3n) is 2.07. The van der Waals surface area contributed by atoms with Gasteiger partial charge in [-0.05, 0) is 43.9 Å². The molecule has 72 valence electrons. The number of hydrogen-bond donors (Lipinski definition) is 0. The molecule has 0 amide bonds. The van der Waals surface area contributed by atoms with E-state index < -0.39 is 0 Å². The van der Waals surface area contributed by atoms with Gasteiger partial charge in [0, 0.05) is 9.85 Å². The molecular formula is C11H14BrCl. The van der Waals surface area contributed by atoms with Gasteiger partial charge in [0.2, 0.25) is 0 Å². The number of alkyl halides is 1. The van der Waals surface area contributed by atoms with Crippen molar-refractivity contribution in [2.45, 2.75) is 32.1 Å². The van der Waals surface area contributed by atoms with Gasteiger partial charge in [-0.15, -0.1) is 11.6 Å². The first-order chi connectivity index (χ1) is 6.09. The maximum Gasteiger partial charge on any atom is 0.0311 e. The van der Waals surface area contributed by atoms with Crippen molar-refractivity contribution in [2.24, 2.45) is 0 Å². The first-order valence-corrected chi connectivity index (χ1v) is 5.71. The van der Waals surface area contributed by atoms with Gasteiger partial charge in [0.1, 0.15) is 0 Å². The van der Waals surface area contributed by atoms with Crippen LogP contribution < -0.4 is 0 Å². The third kappa shape index (κ3) is 3.70. The van der Waals surface area contributed by atoms with Crippen molar-refractivity contribution >= 4 is 27.5 Å². The standard InChI is InChI=1S/C11H14BrCl/c1-8-3-5-10(7-11(8)12)6-4-9(2)13/h3,5,7,9H,4,6H2,1-2H3. The summed E-state index contributed by atoms with van der Waals surface area (Å²) >= 11 is 9.41. The first kappa shape index (κ1) is 11.1. The maximum atomic E-state index is 5.89. The zero-order chi connectivity index (χ0) is 9.84. The Morgan fingerprint density at radius 3 is 2.69 bits per heavy atom. The fourth-order valence-corrected chi connectivity index (χ4v) is 1.69. The van der Waals surface area contributed by atoms with Crippen molar-refractivity contribution in [1.29, 1.82) is 0 Å². The molecule has 13 heavy (non-hydrogen) atoms. The summed E-state index contributed by atoms with van der Waals surface area (Å²) < 4.78 is 1.19. The van der Waals surface area contributed by atoms with Gasteiger partial charge < -0.3 is 0 Å². The predicted octanol–water partition coefficient (Wildman–Crippen LogP) is 4.32. The monoisotopic (exact) mass is 260 g/mol. The van der Waals surface area contributed by atoms with Crippen LogP contribution in [0.4, 0.5) is 0 Å². The summed E-state index contributed by atoms with van der Waals surface area (Å²) in [6.45, 7) is 4.13. The Kier molecular flexibility index (Phi) is 4.27. The van der Waals surface area contributed by atoms with Crippen molar-refractivity contribution in [1.82, 2.24) is 0 Å². The van der Waals surface area contributed by atoms with Crippen LogP contribution in [0.3, 0.4) is 0 Å². The van der Waals surface area contributed by atoms with E-state index in [1.54, 1.807) is 0 Å². The maximum absolute atomic E-state index is 5.89. The fourth-order valence-electron chi connectivity index (χ4n) is 1.16. The number of benzene rings is 1. The molecule has 1 aromatic carbocycles. The van der Waals surface area contributed by atoms with E-state index in [9.17, 15) is 0 Å². The molecule has 0 aliphatic carbocycles. The Balaban J connectivity index is 2.63. The molecule has 0 heterocycles. The molecule has 0 saturated carbocycles. The molecule has 0 N–H and O–H groups in total. The van der Waals surface area contributed by atoms with Gasteiger partial charge in [-0.25, -0.2) is 0 Å².